The Morgan fingerprint density at radius 3 is 2.67 bits per heavy atom. The highest BCUT2D eigenvalue weighted by atomic mass is 16.5. The molecule has 1 rings (SSSR count). The fourth-order valence-electron chi connectivity index (χ4n) is 1.63. The quantitative estimate of drug-likeness (QED) is 0.623. The molecule has 0 heterocycles. The van der Waals surface area contributed by atoms with Gasteiger partial charge in [0.2, 0.25) is 0 Å². The molecule has 0 bridgehead atoms. The smallest absolute Gasteiger partial charge is 0.338 e. The zero-order valence-corrected chi connectivity index (χ0v) is 11.1. The normalized spacial score (nSPS) is 10.5. The van der Waals surface area contributed by atoms with E-state index in [-0.39, 0.29) is 25.1 Å². The third kappa shape index (κ3) is 3.74. The third-order valence-corrected chi connectivity index (χ3v) is 2.62. The lowest BCUT2D eigenvalue weighted by Gasteiger charge is -2.13. The largest absolute Gasteiger partial charge is 0.496 e. The van der Waals surface area contributed by atoms with Gasteiger partial charge >= 0.3 is 5.97 Å². The maximum absolute atomic E-state index is 11.7. The Hall–Kier alpha value is -1.55. The van der Waals surface area contributed by atoms with E-state index in [0.717, 1.165) is 11.3 Å². The van der Waals surface area contributed by atoms with Crippen molar-refractivity contribution < 1.29 is 19.4 Å². The Morgan fingerprint density at radius 2 is 2.11 bits per heavy atom. The van der Waals surface area contributed by atoms with E-state index in [1.54, 1.807) is 25.3 Å². The Balaban J connectivity index is 2.84. The fraction of sp³-hybridized carbons (Fsp3) is 0.500. The van der Waals surface area contributed by atoms with Gasteiger partial charge in [-0.25, -0.2) is 4.79 Å². The Kier molecular flexibility index (Phi) is 5.65. The summed E-state index contributed by atoms with van der Waals surface area (Å²) in [4.78, 5) is 11.7. The lowest BCUT2D eigenvalue weighted by molar-refractivity contribution is 0.0482. The van der Waals surface area contributed by atoms with E-state index < -0.39 is 0 Å². The molecular formula is C14H20O4. The van der Waals surface area contributed by atoms with Crippen molar-refractivity contribution in [3.05, 3.63) is 29.3 Å². The average molecular weight is 252 g/mol. The molecule has 1 aromatic carbocycles. The number of esters is 1. The molecule has 0 aliphatic carbocycles. The number of aliphatic hydroxyl groups is 1. The topological polar surface area (TPSA) is 55.8 Å². The second kappa shape index (κ2) is 7.01. The van der Waals surface area contributed by atoms with Crippen LogP contribution in [0.1, 0.15) is 42.1 Å². The van der Waals surface area contributed by atoms with Gasteiger partial charge in [0.1, 0.15) is 5.75 Å². The summed E-state index contributed by atoms with van der Waals surface area (Å²) in [6, 6.07) is 5.26. The van der Waals surface area contributed by atoms with Crippen molar-refractivity contribution in [2.75, 3.05) is 20.3 Å². The minimum atomic E-state index is -0.368. The van der Waals surface area contributed by atoms with Gasteiger partial charge in [-0.1, -0.05) is 13.8 Å². The van der Waals surface area contributed by atoms with Gasteiger partial charge in [0.05, 0.1) is 19.3 Å². The first-order chi connectivity index (χ1) is 8.60. The lowest BCUT2D eigenvalue weighted by atomic mass is 9.99. The molecule has 1 aromatic rings. The summed E-state index contributed by atoms with van der Waals surface area (Å²) in [7, 11) is 1.61. The molecule has 0 aliphatic rings. The predicted octanol–water partition coefficient (Wildman–Crippen LogP) is 2.36. The van der Waals surface area contributed by atoms with Crippen molar-refractivity contribution >= 4 is 5.97 Å². The number of rotatable bonds is 6. The second-order valence-corrected chi connectivity index (χ2v) is 4.32. The van der Waals surface area contributed by atoms with Crippen LogP contribution in [0.15, 0.2) is 18.2 Å². The molecule has 0 spiro atoms. The Morgan fingerprint density at radius 1 is 1.39 bits per heavy atom. The van der Waals surface area contributed by atoms with Crippen molar-refractivity contribution in [3.8, 4) is 5.75 Å². The van der Waals surface area contributed by atoms with Gasteiger partial charge < -0.3 is 14.6 Å². The van der Waals surface area contributed by atoms with Crippen LogP contribution >= 0.6 is 0 Å². The summed E-state index contributed by atoms with van der Waals surface area (Å²) in [6.45, 7) is 4.34. The third-order valence-electron chi connectivity index (χ3n) is 2.62. The first kappa shape index (κ1) is 14.5. The van der Waals surface area contributed by atoms with E-state index in [1.807, 2.05) is 13.8 Å². The number of methoxy groups -OCH3 is 1. The summed E-state index contributed by atoms with van der Waals surface area (Å²) in [5.41, 5.74) is 1.49. The molecule has 0 aromatic heterocycles. The Labute approximate surface area is 108 Å². The van der Waals surface area contributed by atoms with Gasteiger partial charge in [0, 0.05) is 13.0 Å². The highest BCUT2D eigenvalue weighted by Crippen LogP contribution is 2.27. The lowest BCUT2D eigenvalue weighted by Crippen LogP contribution is -2.08. The summed E-state index contributed by atoms with van der Waals surface area (Å²) in [6.07, 6.45) is 0.457. The predicted molar refractivity (Wildman–Crippen MR) is 69.1 cm³/mol. The number of hydrogen-bond donors (Lipinski definition) is 1. The first-order valence-electron chi connectivity index (χ1n) is 6.06. The zero-order chi connectivity index (χ0) is 13.5. The molecule has 4 heteroatoms. The molecule has 0 fully saturated rings. The van der Waals surface area contributed by atoms with Crippen LogP contribution < -0.4 is 4.74 Å². The van der Waals surface area contributed by atoms with E-state index >= 15 is 0 Å². The number of carbonyl (C=O) groups excluding carboxylic acids is 1. The average Bonchev–Trinajstić information content (AvgIpc) is 2.38. The van der Waals surface area contributed by atoms with Crippen LogP contribution in [0.3, 0.4) is 0 Å². The highest BCUT2D eigenvalue weighted by molar-refractivity contribution is 5.89. The number of hydrogen-bond acceptors (Lipinski definition) is 4. The summed E-state index contributed by atoms with van der Waals surface area (Å²) in [5, 5.41) is 8.63. The molecule has 0 saturated carbocycles. The molecule has 1 N–H and O–H groups in total. The van der Waals surface area contributed by atoms with Crippen molar-refractivity contribution in [1.82, 2.24) is 0 Å². The van der Waals surface area contributed by atoms with Crippen molar-refractivity contribution in [3.63, 3.8) is 0 Å². The van der Waals surface area contributed by atoms with Crippen LogP contribution in [0.25, 0.3) is 0 Å². The molecule has 0 saturated heterocycles. The van der Waals surface area contributed by atoms with Crippen LogP contribution in [0, 0.1) is 0 Å². The second-order valence-electron chi connectivity index (χ2n) is 4.32. The maximum Gasteiger partial charge on any atom is 0.338 e. The maximum atomic E-state index is 11.7. The van der Waals surface area contributed by atoms with E-state index in [9.17, 15) is 4.79 Å². The molecular weight excluding hydrogens is 232 g/mol. The van der Waals surface area contributed by atoms with Crippen LogP contribution in [-0.2, 0) is 4.74 Å². The molecule has 4 nitrogen and oxygen atoms in total. The van der Waals surface area contributed by atoms with Crippen LogP contribution in [-0.4, -0.2) is 31.4 Å². The molecule has 0 aliphatic heterocycles. The molecule has 0 amide bonds. The van der Waals surface area contributed by atoms with Gasteiger partial charge in [-0.15, -0.1) is 0 Å². The van der Waals surface area contributed by atoms with Gasteiger partial charge in [0.25, 0.3) is 0 Å². The molecule has 0 radical (unpaired) electrons. The van der Waals surface area contributed by atoms with Gasteiger partial charge in [-0.2, -0.15) is 0 Å². The SMILES string of the molecule is COc1ccc(C(=O)OCCCO)cc1C(C)C. The summed E-state index contributed by atoms with van der Waals surface area (Å²) < 4.78 is 10.3. The van der Waals surface area contributed by atoms with Crippen LogP contribution in [0.5, 0.6) is 5.75 Å². The number of aliphatic hydroxyl groups excluding tert-OH is 1. The monoisotopic (exact) mass is 252 g/mol. The summed E-state index contributed by atoms with van der Waals surface area (Å²) in [5.74, 6) is 0.676. The van der Waals surface area contributed by atoms with Crippen molar-refractivity contribution in [2.45, 2.75) is 26.2 Å². The van der Waals surface area contributed by atoms with Crippen molar-refractivity contribution in [2.24, 2.45) is 0 Å². The number of benzene rings is 1. The molecule has 100 valence electrons. The van der Waals surface area contributed by atoms with E-state index in [0.29, 0.717) is 12.0 Å². The number of ether oxygens (including phenoxy) is 2. The van der Waals surface area contributed by atoms with Crippen molar-refractivity contribution in [1.29, 1.82) is 0 Å². The van der Waals surface area contributed by atoms with Gasteiger partial charge in [-0.3, -0.25) is 0 Å². The molecule has 0 unspecified atom stereocenters. The first-order valence-corrected chi connectivity index (χ1v) is 6.06. The van der Waals surface area contributed by atoms with E-state index in [2.05, 4.69) is 0 Å². The van der Waals surface area contributed by atoms with E-state index in [4.69, 9.17) is 14.6 Å². The minimum absolute atomic E-state index is 0.0210. The zero-order valence-electron chi connectivity index (χ0n) is 11.1. The molecule has 0 atom stereocenters. The van der Waals surface area contributed by atoms with E-state index in [1.165, 1.54) is 0 Å². The van der Waals surface area contributed by atoms with Gasteiger partial charge in [0.15, 0.2) is 0 Å². The summed E-state index contributed by atoms with van der Waals surface area (Å²) >= 11 is 0. The highest BCUT2D eigenvalue weighted by Gasteiger charge is 2.13. The van der Waals surface area contributed by atoms with Crippen LogP contribution in [0.4, 0.5) is 0 Å². The minimum Gasteiger partial charge on any atom is -0.496 e. The standard InChI is InChI=1S/C14H20O4/c1-10(2)12-9-11(5-6-13(12)17-3)14(16)18-8-4-7-15/h5-6,9-10,15H,4,7-8H2,1-3H3. The Bertz CT molecular complexity index is 399. The van der Waals surface area contributed by atoms with Crippen LogP contribution in [0.2, 0.25) is 0 Å². The number of carbonyl (C=O) groups is 1. The fourth-order valence-corrected chi connectivity index (χ4v) is 1.63. The van der Waals surface area contributed by atoms with Gasteiger partial charge in [-0.05, 0) is 29.7 Å². The molecule has 18 heavy (non-hydrogen) atoms.